The van der Waals surface area contributed by atoms with Gasteiger partial charge in [0, 0.05) is 0 Å². The molecule has 2 aliphatic carbocycles. The van der Waals surface area contributed by atoms with Crippen molar-refractivity contribution in [2.24, 2.45) is 15.4 Å². The van der Waals surface area contributed by atoms with Gasteiger partial charge in [-0.05, 0) is 80.0 Å². The fraction of sp³-hybridized carbons (Fsp3) is 0.545. The summed E-state index contributed by atoms with van der Waals surface area (Å²) in [6.07, 6.45) is 7.07. The number of aromatic nitrogens is 1. The first-order valence-electron chi connectivity index (χ1n) is 10.5. The lowest BCUT2D eigenvalue weighted by atomic mass is 9.86. The fourth-order valence-corrected chi connectivity index (χ4v) is 6.44. The van der Waals surface area contributed by atoms with Gasteiger partial charge in [-0.15, -0.1) is 15.7 Å². The van der Waals surface area contributed by atoms with E-state index in [1.165, 1.54) is 35.7 Å². The molecular formula is C22H29N3O3S2. The van der Waals surface area contributed by atoms with Gasteiger partial charge in [-0.2, -0.15) is 0 Å². The molecule has 1 saturated carbocycles. The maximum atomic E-state index is 13.0. The molecule has 1 amide bonds. The highest BCUT2D eigenvalue weighted by Crippen LogP contribution is 2.44. The smallest absolute Gasteiger partial charge is 0.259 e. The predicted molar refractivity (Wildman–Crippen MR) is 119 cm³/mol. The predicted octanol–water partition coefficient (Wildman–Crippen LogP) is 3.84. The lowest BCUT2D eigenvalue weighted by Gasteiger charge is -2.19. The average molecular weight is 448 g/mol. The molecule has 30 heavy (non-hydrogen) atoms. The van der Waals surface area contributed by atoms with E-state index in [0.29, 0.717) is 16.8 Å². The maximum Gasteiger partial charge on any atom is 0.259 e. The van der Waals surface area contributed by atoms with Gasteiger partial charge < -0.3 is 5.11 Å². The molecule has 2 atom stereocenters. The van der Waals surface area contributed by atoms with E-state index in [1.54, 1.807) is 13.8 Å². The second kappa shape index (κ2) is 7.82. The van der Waals surface area contributed by atoms with Crippen molar-refractivity contribution in [2.45, 2.75) is 75.0 Å². The summed E-state index contributed by atoms with van der Waals surface area (Å²) >= 11 is 1.03. The second-order valence-corrected chi connectivity index (χ2v) is 12.1. The summed E-state index contributed by atoms with van der Waals surface area (Å²) in [7, 11) is -3.40. The van der Waals surface area contributed by atoms with E-state index in [9.17, 15) is 14.1 Å². The Hall–Kier alpha value is -1.61. The Labute approximate surface area is 182 Å². The number of carbonyl (C=O) groups excluding carboxylic acids is 1. The van der Waals surface area contributed by atoms with Gasteiger partial charge in [-0.3, -0.25) is 4.79 Å². The molecule has 3 N–H and O–H groups in total. The van der Waals surface area contributed by atoms with Gasteiger partial charge in [0.2, 0.25) is 0 Å². The number of aliphatic hydroxyl groups is 1. The summed E-state index contributed by atoms with van der Waals surface area (Å²) in [5.41, 5.74) is 3.72. The van der Waals surface area contributed by atoms with Crippen molar-refractivity contribution in [2.75, 3.05) is 0 Å². The number of nitrogens with two attached hydrogens (primary N) is 1. The zero-order valence-electron chi connectivity index (χ0n) is 17.7. The summed E-state index contributed by atoms with van der Waals surface area (Å²) in [5, 5.41) is 16.4. The molecule has 1 aromatic carbocycles. The number of amides is 1. The molecule has 2 aromatic rings. The van der Waals surface area contributed by atoms with Crippen molar-refractivity contribution in [3.05, 3.63) is 45.6 Å². The standard InChI is InChI=1S/C22H29N3O3S2/c1-13(14-7-8-14)16-10-9-15-5-4-6-17(15)18(16)11-19(26)25-30(23,28)20-12-24-21(29-20)22(2,3)27/h9-10,12-14,27H,4-8,11H2,1-3H3,(H2,23,25,26,28)/t13-,30?/m0/s1. The van der Waals surface area contributed by atoms with Crippen LogP contribution in [0.4, 0.5) is 0 Å². The number of fused-ring (bicyclic) bond motifs is 1. The molecule has 1 aromatic heterocycles. The van der Waals surface area contributed by atoms with Crippen LogP contribution >= 0.6 is 11.3 Å². The highest BCUT2D eigenvalue weighted by Gasteiger charge is 2.32. The highest BCUT2D eigenvalue weighted by molar-refractivity contribution is 7.93. The fourth-order valence-electron chi connectivity index (χ4n) is 4.30. The number of benzene rings is 1. The molecule has 2 aliphatic rings. The molecule has 0 aliphatic heterocycles. The maximum absolute atomic E-state index is 13.0. The van der Waals surface area contributed by atoms with E-state index < -0.39 is 21.4 Å². The SMILES string of the molecule is C[C@H](c1ccc2c(c1CC(=O)N=S(N)(=O)c1cnc(C(C)(C)O)s1)CCC2)C1CC1. The van der Waals surface area contributed by atoms with Crippen molar-refractivity contribution < 1.29 is 14.1 Å². The molecule has 1 fully saturated rings. The summed E-state index contributed by atoms with van der Waals surface area (Å²) < 4.78 is 17.1. The molecule has 0 bridgehead atoms. The largest absolute Gasteiger partial charge is 0.383 e. The van der Waals surface area contributed by atoms with E-state index >= 15 is 0 Å². The van der Waals surface area contributed by atoms with Gasteiger partial charge in [0.05, 0.1) is 12.6 Å². The minimum Gasteiger partial charge on any atom is -0.383 e. The van der Waals surface area contributed by atoms with Gasteiger partial charge in [-0.25, -0.2) is 14.3 Å². The Balaban J connectivity index is 1.64. The summed E-state index contributed by atoms with van der Waals surface area (Å²) in [4.78, 5) is 17.0. The molecule has 6 nitrogen and oxygen atoms in total. The first-order chi connectivity index (χ1) is 14.1. The van der Waals surface area contributed by atoms with Crippen LogP contribution in [0.25, 0.3) is 0 Å². The molecule has 4 rings (SSSR count). The van der Waals surface area contributed by atoms with E-state index in [4.69, 9.17) is 5.14 Å². The third-order valence-corrected chi connectivity index (χ3v) is 9.35. The van der Waals surface area contributed by atoms with Crippen LogP contribution < -0.4 is 5.14 Å². The quantitative estimate of drug-likeness (QED) is 0.702. The molecule has 1 heterocycles. The van der Waals surface area contributed by atoms with Crippen LogP contribution in [-0.2, 0) is 39.6 Å². The van der Waals surface area contributed by atoms with Crippen LogP contribution in [0.15, 0.2) is 26.9 Å². The van der Waals surface area contributed by atoms with Gasteiger partial charge in [-0.1, -0.05) is 19.1 Å². The Morgan fingerprint density at radius 2 is 2.13 bits per heavy atom. The van der Waals surface area contributed by atoms with Crippen molar-refractivity contribution in [1.29, 1.82) is 0 Å². The summed E-state index contributed by atoms with van der Waals surface area (Å²) in [6.45, 7) is 5.42. The van der Waals surface area contributed by atoms with Gasteiger partial charge in [0.1, 0.15) is 14.8 Å². The molecule has 162 valence electrons. The van der Waals surface area contributed by atoms with Gasteiger partial charge in [0.15, 0.2) is 9.92 Å². The van der Waals surface area contributed by atoms with E-state index in [2.05, 4.69) is 28.4 Å². The van der Waals surface area contributed by atoms with E-state index in [-0.39, 0.29) is 10.6 Å². The molecule has 8 heteroatoms. The number of aryl methyl sites for hydroxylation is 1. The Morgan fingerprint density at radius 1 is 1.40 bits per heavy atom. The number of carbonyl (C=O) groups is 1. The van der Waals surface area contributed by atoms with Crippen molar-refractivity contribution in [1.82, 2.24) is 4.98 Å². The van der Waals surface area contributed by atoms with Gasteiger partial charge in [0.25, 0.3) is 5.91 Å². The third kappa shape index (κ3) is 4.37. The van der Waals surface area contributed by atoms with Crippen molar-refractivity contribution in [3.63, 3.8) is 0 Å². The van der Waals surface area contributed by atoms with E-state index in [0.717, 1.165) is 36.2 Å². The minimum absolute atomic E-state index is 0.126. The number of hydrogen-bond acceptors (Lipinski definition) is 5. The Bertz CT molecular complexity index is 1100. The van der Waals surface area contributed by atoms with Crippen LogP contribution in [0, 0.1) is 5.92 Å². The Morgan fingerprint density at radius 3 is 2.77 bits per heavy atom. The van der Waals surface area contributed by atoms with Crippen molar-refractivity contribution in [3.8, 4) is 0 Å². The topological polar surface area (TPSA) is 106 Å². The van der Waals surface area contributed by atoms with Crippen LogP contribution in [0.1, 0.15) is 73.2 Å². The molecular weight excluding hydrogens is 418 g/mol. The normalized spacial score (nSPS) is 19.2. The lowest BCUT2D eigenvalue weighted by Crippen LogP contribution is -2.16. The number of thiazole rings is 1. The average Bonchev–Trinajstić information content (AvgIpc) is 3.16. The summed E-state index contributed by atoms with van der Waals surface area (Å²) in [6, 6.07) is 4.39. The highest BCUT2D eigenvalue weighted by atomic mass is 32.2. The zero-order chi connectivity index (χ0) is 21.7. The molecule has 0 saturated heterocycles. The van der Waals surface area contributed by atoms with E-state index in [1.807, 2.05) is 0 Å². The minimum atomic E-state index is -3.40. The lowest BCUT2D eigenvalue weighted by molar-refractivity contribution is -0.117. The van der Waals surface area contributed by atoms with Crippen LogP contribution in [-0.4, -0.2) is 20.2 Å². The van der Waals surface area contributed by atoms with Gasteiger partial charge >= 0.3 is 0 Å². The first kappa shape index (κ1) is 21.6. The number of hydrogen-bond donors (Lipinski definition) is 2. The number of nitrogens with zero attached hydrogens (tertiary/aromatic N) is 2. The van der Waals surface area contributed by atoms with Crippen LogP contribution in [0.3, 0.4) is 0 Å². The van der Waals surface area contributed by atoms with Crippen molar-refractivity contribution >= 4 is 27.2 Å². The van der Waals surface area contributed by atoms with Crippen LogP contribution in [0.2, 0.25) is 0 Å². The van der Waals surface area contributed by atoms with Crippen LogP contribution in [0.5, 0.6) is 0 Å². The molecule has 1 unspecified atom stereocenters. The summed E-state index contributed by atoms with van der Waals surface area (Å²) in [5.74, 6) is 0.633. The molecule has 0 radical (unpaired) electrons. The Kier molecular flexibility index (Phi) is 5.63. The number of rotatable bonds is 6. The zero-order valence-corrected chi connectivity index (χ0v) is 19.3. The third-order valence-electron chi connectivity index (χ3n) is 6.12. The monoisotopic (exact) mass is 447 g/mol. The molecule has 0 spiro atoms. The second-order valence-electron chi connectivity index (χ2n) is 9.02. The first-order valence-corrected chi connectivity index (χ1v) is 12.9.